The molecule has 3 heteroatoms. The second-order valence-electron chi connectivity index (χ2n) is 5.18. The van der Waals surface area contributed by atoms with Crippen molar-refractivity contribution >= 4 is 5.91 Å². The van der Waals surface area contributed by atoms with Gasteiger partial charge in [-0.3, -0.25) is 4.79 Å². The summed E-state index contributed by atoms with van der Waals surface area (Å²) < 4.78 is 13.0. The molecule has 0 bridgehead atoms. The highest BCUT2D eigenvalue weighted by atomic mass is 19.1. The van der Waals surface area contributed by atoms with Crippen LogP contribution in [0.15, 0.2) is 18.2 Å². The normalized spacial score (nSPS) is 12.2. The molecule has 1 aromatic carbocycles. The lowest BCUT2D eigenvalue weighted by Crippen LogP contribution is -2.32. The van der Waals surface area contributed by atoms with E-state index in [2.05, 4.69) is 12.2 Å². The van der Waals surface area contributed by atoms with Gasteiger partial charge in [-0.1, -0.05) is 32.6 Å². The van der Waals surface area contributed by atoms with Crippen LogP contribution in [-0.2, 0) is 0 Å². The smallest absolute Gasteiger partial charge is 0.251 e. The summed E-state index contributed by atoms with van der Waals surface area (Å²) in [4.78, 5) is 12.0. The number of hydrogen-bond donors (Lipinski definition) is 1. The summed E-state index contributed by atoms with van der Waals surface area (Å²) in [5.74, 6) is -0.415. The van der Waals surface area contributed by atoms with Gasteiger partial charge in [0.15, 0.2) is 0 Å². The molecule has 106 valence electrons. The Bertz CT molecular complexity index is 417. The van der Waals surface area contributed by atoms with E-state index in [0.29, 0.717) is 11.1 Å². The third-order valence-corrected chi connectivity index (χ3v) is 3.30. The lowest BCUT2D eigenvalue weighted by molar-refractivity contribution is 0.0937. The van der Waals surface area contributed by atoms with Crippen LogP contribution in [0, 0.1) is 12.7 Å². The molecule has 0 radical (unpaired) electrons. The van der Waals surface area contributed by atoms with Crippen LogP contribution in [0.25, 0.3) is 0 Å². The van der Waals surface area contributed by atoms with Crippen LogP contribution in [0.1, 0.15) is 61.9 Å². The standard InChI is InChI=1S/C16H24FNO/c1-4-5-6-7-8-13(3)18-16(19)15-10-9-14(17)11-12(15)2/h9-11,13H,4-8H2,1-3H3,(H,18,19). The Balaban J connectivity index is 2.45. The molecule has 0 saturated carbocycles. The van der Waals surface area contributed by atoms with Gasteiger partial charge in [-0.05, 0) is 44.0 Å². The molecule has 0 fully saturated rings. The first-order chi connectivity index (χ1) is 9.04. The van der Waals surface area contributed by atoms with Crippen molar-refractivity contribution in [1.82, 2.24) is 5.32 Å². The van der Waals surface area contributed by atoms with Crippen molar-refractivity contribution in [3.63, 3.8) is 0 Å². The van der Waals surface area contributed by atoms with Crippen molar-refractivity contribution in [1.29, 1.82) is 0 Å². The van der Waals surface area contributed by atoms with Crippen molar-refractivity contribution in [2.24, 2.45) is 0 Å². The summed E-state index contributed by atoms with van der Waals surface area (Å²) in [7, 11) is 0. The van der Waals surface area contributed by atoms with Gasteiger partial charge in [0.2, 0.25) is 0 Å². The number of carbonyl (C=O) groups is 1. The quantitative estimate of drug-likeness (QED) is 0.735. The summed E-state index contributed by atoms with van der Waals surface area (Å²) in [5, 5.41) is 2.97. The van der Waals surface area contributed by atoms with Crippen molar-refractivity contribution in [2.45, 2.75) is 58.9 Å². The summed E-state index contributed by atoms with van der Waals surface area (Å²) in [5.41, 5.74) is 1.23. The Morgan fingerprint density at radius 2 is 2.05 bits per heavy atom. The third kappa shape index (κ3) is 5.41. The van der Waals surface area contributed by atoms with Crippen LogP contribution in [0.5, 0.6) is 0 Å². The fraction of sp³-hybridized carbons (Fsp3) is 0.562. The molecule has 0 heterocycles. The molecule has 2 nitrogen and oxygen atoms in total. The predicted octanol–water partition coefficient (Wildman–Crippen LogP) is 4.22. The van der Waals surface area contributed by atoms with Gasteiger partial charge in [0.1, 0.15) is 5.82 Å². The average Bonchev–Trinajstić information content (AvgIpc) is 2.34. The van der Waals surface area contributed by atoms with Crippen LogP contribution in [0.2, 0.25) is 0 Å². The molecule has 0 aliphatic rings. The summed E-state index contributed by atoms with van der Waals surface area (Å²) >= 11 is 0. The number of aryl methyl sites for hydroxylation is 1. The van der Waals surface area contributed by atoms with Gasteiger partial charge in [-0.15, -0.1) is 0 Å². The highest BCUT2D eigenvalue weighted by Crippen LogP contribution is 2.11. The zero-order valence-electron chi connectivity index (χ0n) is 12.1. The molecule has 19 heavy (non-hydrogen) atoms. The first kappa shape index (κ1) is 15.7. The maximum atomic E-state index is 13.0. The number of unbranched alkanes of at least 4 members (excludes halogenated alkanes) is 3. The van der Waals surface area contributed by atoms with Gasteiger partial charge in [-0.25, -0.2) is 4.39 Å². The van der Waals surface area contributed by atoms with Gasteiger partial charge in [0.05, 0.1) is 0 Å². The molecular weight excluding hydrogens is 241 g/mol. The van der Waals surface area contributed by atoms with Gasteiger partial charge in [-0.2, -0.15) is 0 Å². The zero-order chi connectivity index (χ0) is 14.3. The highest BCUT2D eigenvalue weighted by Gasteiger charge is 2.12. The van der Waals surface area contributed by atoms with E-state index in [1.807, 2.05) is 6.92 Å². The first-order valence-corrected chi connectivity index (χ1v) is 7.11. The Kier molecular flexibility index (Phi) is 6.54. The molecule has 1 N–H and O–H groups in total. The van der Waals surface area contributed by atoms with Crippen molar-refractivity contribution in [3.05, 3.63) is 35.1 Å². The molecule has 1 rings (SSSR count). The highest BCUT2D eigenvalue weighted by molar-refractivity contribution is 5.95. The molecule has 1 aromatic rings. The van der Waals surface area contributed by atoms with Crippen LogP contribution >= 0.6 is 0 Å². The molecular formula is C16H24FNO. The summed E-state index contributed by atoms with van der Waals surface area (Å²) in [6.07, 6.45) is 5.81. The summed E-state index contributed by atoms with van der Waals surface area (Å²) in [6.45, 7) is 5.95. The fourth-order valence-electron chi connectivity index (χ4n) is 2.13. The molecule has 0 aromatic heterocycles. The van der Waals surface area contributed by atoms with E-state index >= 15 is 0 Å². The number of benzene rings is 1. The Labute approximate surface area is 115 Å². The number of nitrogens with one attached hydrogen (secondary N) is 1. The summed E-state index contributed by atoms with van der Waals surface area (Å²) in [6, 6.07) is 4.42. The van der Waals surface area contributed by atoms with E-state index in [9.17, 15) is 9.18 Å². The minimum absolute atomic E-state index is 0.111. The monoisotopic (exact) mass is 265 g/mol. The van der Waals surface area contributed by atoms with E-state index in [1.165, 1.54) is 31.4 Å². The van der Waals surface area contributed by atoms with Crippen LogP contribution < -0.4 is 5.32 Å². The van der Waals surface area contributed by atoms with E-state index in [-0.39, 0.29) is 17.8 Å². The molecule has 0 spiro atoms. The van der Waals surface area contributed by atoms with E-state index in [0.717, 1.165) is 12.8 Å². The lowest BCUT2D eigenvalue weighted by atomic mass is 10.1. The molecule has 1 amide bonds. The maximum absolute atomic E-state index is 13.0. The van der Waals surface area contributed by atoms with Gasteiger partial charge in [0.25, 0.3) is 5.91 Å². The van der Waals surface area contributed by atoms with Crippen LogP contribution in [-0.4, -0.2) is 11.9 Å². The molecule has 0 saturated heterocycles. The number of rotatable bonds is 7. The maximum Gasteiger partial charge on any atom is 0.251 e. The minimum Gasteiger partial charge on any atom is -0.350 e. The minimum atomic E-state index is -0.304. The first-order valence-electron chi connectivity index (χ1n) is 7.11. The molecule has 1 unspecified atom stereocenters. The largest absolute Gasteiger partial charge is 0.350 e. The Hall–Kier alpha value is -1.38. The van der Waals surface area contributed by atoms with E-state index < -0.39 is 0 Å². The Morgan fingerprint density at radius 1 is 1.32 bits per heavy atom. The Morgan fingerprint density at radius 3 is 2.68 bits per heavy atom. The number of carbonyl (C=O) groups excluding carboxylic acids is 1. The SMILES string of the molecule is CCCCCCC(C)NC(=O)c1ccc(F)cc1C. The molecule has 0 aliphatic carbocycles. The zero-order valence-corrected chi connectivity index (χ0v) is 12.1. The van der Waals surface area contributed by atoms with Gasteiger partial charge < -0.3 is 5.32 Å². The van der Waals surface area contributed by atoms with Crippen molar-refractivity contribution in [2.75, 3.05) is 0 Å². The average molecular weight is 265 g/mol. The third-order valence-electron chi connectivity index (χ3n) is 3.30. The van der Waals surface area contributed by atoms with Crippen LogP contribution in [0.3, 0.4) is 0 Å². The second kappa shape index (κ2) is 7.93. The number of amides is 1. The number of hydrogen-bond acceptors (Lipinski definition) is 1. The lowest BCUT2D eigenvalue weighted by Gasteiger charge is -2.14. The molecule has 0 aliphatic heterocycles. The van der Waals surface area contributed by atoms with Gasteiger partial charge in [0, 0.05) is 11.6 Å². The van der Waals surface area contributed by atoms with Crippen LogP contribution in [0.4, 0.5) is 4.39 Å². The topological polar surface area (TPSA) is 29.1 Å². The fourth-order valence-corrected chi connectivity index (χ4v) is 2.13. The van der Waals surface area contributed by atoms with Gasteiger partial charge >= 0.3 is 0 Å². The number of halogens is 1. The predicted molar refractivity (Wildman–Crippen MR) is 76.8 cm³/mol. The van der Waals surface area contributed by atoms with E-state index in [1.54, 1.807) is 13.0 Å². The van der Waals surface area contributed by atoms with Crippen molar-refractivity contribution < 1.29 is 9.18 Å². The molecule has 1 atom stereocenters. The second-order valence-corrected chi connectivity index (χ2v) is 5.18. The van der Waals surface area contributed by atoms with Crippen molar-refractivity contribution in [3.8, 4) is 0 Å². The van der Waals surface area contributed by atoms with E-state index in [4.69, 9.17) is 0 Å².